The van der Waals surface area contributed by atoms with Crippen molar-refractivity contribution < 1.29 is 9.59 Å². The molecule has 1 fully saturated rings. The highest BCUT2D eigenvalue weighted by molar-refractivity contribution is 9.10. The average molecular weight is 433 g/mol. The highest BCUT2D eigenvalue weighted by Gasteiger charge is 2.22. The number of rotatable bonds is 6. The van der Waals surface area contributed by atoms with Crippen LogP contribution in [0.25, 0.3) is 0 Å². The van der Waals surface area contributed by atoms with Gasteiger partial charge in [-0.05, 0) is 42.7 Å². The van der Waals surface area contributed by atoms with Crippen LogP contribution in [0.15, 0.2) is 53.0 Å². The molecule has 6 heteroatoms. The van der Waals surface area contributed by atoms with E-state index in [1.54, 1.807) is 23.9 Å². The molecule has 0 bridgehead atoms. The van der Waals surface area contributed by atoms with Crippen LogP contribution in [0, 0.1) is 0 Å². The molecule has 1 aliphatic heterocycles. The number of likely N-dealkylation sites (tertiary alicyclic amines) is 1. The Hall–Kier alpha value is -1.79. The van der Waals surface area contributed by atoms with E-state index in [0.29, 0.717) is 17.0 Å². The molecule has 2 aromatic rings. The third-order valence-corrected chi connectivity index (χ3v) is 5.71. The monoisotopic (exact) mass is 432 g/mol. The van der Waals surface area contributed by atoms with Crippen LogP contribution in [0.2, 0.25) is 0 Å². The summed E-state index contributed by atoms with van der Waals surface area (Å²) in [6.45, 7) is 1.59. The summed E-state index contributed by atoms with van der Waals surface area (Å²) in [7, 11) is 0. The molecular formula is C20H21BrN2O2S. The van der Waals surface area contributed by atoms with Gasteiger partial charge in [0.2, 0.25) is 5.91 Å². The SMILES string of the molecule is O=C(CSCc1cccc(Br)c1)Nc1ccccc1C(=O)N1CCCC1. The first-order valence-corrected chi connectivity index (χ1v) is 10.6. The molecule has 4 nitrogen and oxygen atoms in total. The molecule has 2 aromatic carbocycles. The zero-order valence-corrected chi connectivity index (χ0v) is 16.8. The Morgan fingerprint density at radius 1 is 1.08 bits per heavy atom. The molecule has 3 rings (SSSR count). The number of benzene rings is 2. The Kier molecular flexibility index (Phi) is 6.74. The van der Waals surface area contributed by atoms with Gasteiger partial charge >= 0.3 is 0 Å². The second kappa shape index (κ2) is 9.24. The normalized spacial score (nSPS) is 13.7. The van der Waals surface area contributed by atoms with Gasteiger partial charge in [-0.1, -0.05) is 40.2 Å². The van der Waals surface area contributed by atoms with Crippen LogP contribution in [-0.2, 0) is 10.5 Å². The minimum Gasteiger partial charge on any atom is -0.339 e. The van der Waals surface area contributed by atoms with E-state index >= 15 is 0 Å². The predicted molar refractivity (Wildman–Crippen MR) is 111 cm³/mol. The number of nitrogens with zero attached hydrogens (tertiary/aromatic N) is 1. The summed E-state index contributed by atoms with van der Waals surface area (Å²) in [5.74, 6) is 1.02. The zero-order chi connectivity index (χ0) is 18.4. The number of para-hydroxylation sites is 1. The van der Waals surface area contributed by atoms with Crippen LogP contribution in [-0.4, -0.2) is 35.6 Å². The molecule has 0 atom stereocenters. The lowest BCUT2D eigenvalue weighted by atomic mass is 10.1. The predicted octanol–water partition coefficient (Wildman–Crippen LogP) is 4.56. The Morgan fingerprint density at radius 2 is 1.85 bits per heavy atom. The number of carbonyl (C=O) groups excluding carboxylic acids is 2. The van der Waals surface area contributed by atoms with Crippen molar-refractivity contribution in [2.24, 2.45) is 0 Å². The fourth-order valence-electron chi connectivity index (χ4n) is 2.94. The van der Waals surface area contributed by atoms with Crippen LogP contribution < -0.4 is 5.32 Å². The van der Waals surface area contributed by atoms with Gasteiger partial charge in [0, 0.05) is 23.3 Å². The highest BCUT2D eigenvalue weighted by Crippen LogP contribution is 2.21. The number of anilines is 1. The number of thioether (sulfide) groups is 1. The molecule has 1 saturated heterocycles. The van der Waals surface area contributed by atoms with Crippen molar-refractivity contribution in [3.63, 3.8) is 0 Å². The summed E-state index contributed by atoms with van der Waals surface area (Å²) >= 11 is 5.01. The third kappa shape index (κ3) is 5.11. The highest BCUT2D eigenvalue weighted by atomic mass is 79.9. The summed E-state index contributed by atoms with van der Waals surface area (Å²) in [4.78, 5) is 26.8. The molecule has 0 radical (unpaired) electrons. The van der Waals surface area contributed by atoms with Crippen molar-refractivity contribution in [2.45, 2.75) is 18.6 Å². The maximum atomic E-state index is 12.6. The maximum absolute atomic E-state index is 12.6. The fraction of sp³-hybridized carbons (Fsp3) is 0.300. The van der Waals surface area contributed by atoms with Crippen molar-refractivity contribution in [3.05, 3.63) is 64.1 Å². The van der Waals surface area contributed by atoms with Gasteiger partial charge in [0.15, 0.2) is 0 Å². The van der Waals surface area contributed by atoms with Gasteiger partial charge in [0.25, 0.3) is 5.91 Å². The van der Waals surface area contributed by atoms with Crippen LogP contribution in [0.5, 0.6) is 0 Å². The molecule has 1 aliphatic rings. The first-order chi connectivity index (χ1) is 12.6. The molecule has 0 saturated carbocycles. The zero-order valence-electron chi connectivity index (χ0n) is 14.4. The Balaban J connectivity index is 1.56. The molecule has 1 N–H and O–H groups in total. The average Bonchev–Trinajstić information content (AvgIpc) is 3.16. The first-order valence-electron chi connectivity index (χ1n) is 8.64. The lowest BCUT2D eigenvalue weighted by molar-refractivity contribution is -0.113. The quantitative estimate of drug-likeness (QED) is 0.727. The van der Waals surface area contributed by atoms with Gasteiger partial charge in [-0.15, -0.1) is 11.8 Å². The molecule has 0 spiro atoms. The maximum Gasteiger partial charge on any atom is 0.255 e. The van der Waals surface area contributed by atoms with E-state index in [1.807, 2.05) is 35.2 Å². The summed E-state index contributed by atoms with van der Waals surface area (Å²) in [5, 5.41) is 2.90. The number of halogens is 1. The van der Waals surface area contributed by atoms with E-state index in [1.165, 1.54) is 5.56 Å². The van der Waals surface area contributed by atoms with E-state index < -0.39 is 0 Å². The smallest absolute Gasteiger partial charge is 0.255 e. The van der Waals surface area contributed by atoms with Crippen LogP contribution in [0.4, 0.5) is 5.69 Å². The summed E-state index contributed by atoms with van der Waals surface area (Å²) < 4.78 is 1.04. The van der Waals surface area contributed by atoms with Crippen molar-refractivity contribution in [1.29, 1.82) is 0 Å². The molecule has 136 valence electrons. The second-order valence-corrected chi connectivity index (χ2v) is 8.12. The fourth-order valence-corrected chi connectivity index (χ4v) is 4.17. The number of amides is 2. The lowest BCUT2D eigenvalue weighted by Gasteiger charge is -2.18. The summed E-state index contributed by atoms with van der Waals surface area (Å²) in [6.07, 6.45) is 2.10. The molecular weight excluding hydrogens is 412 g/mol. The molecule has 0 aromatic heterocycles. The topological polar surface area (TPSA) is 49.4 Å². The minimum absolute atomic E-state index is 0.000175. The largest absolute Gasteiger partial charge is 0.339 e. The van der Waals surface area contributed by atoms with Crippen LogP contribution in [0.1, 0.15) is 28.8 Å². The minimum atomic E-state index is -0.0910. The molecule has 2 amide bonds. The van der Waals surface area contributed by atoms with E-state index in [9.17, 15) is 9.59 Å². The first kappa shape index (κ1) is 19.0. The van der Waals surface area contributed by atoms with Crippen molar-refractivity contribution >= 4 is 45.2 Å². The number of hydrogen-bond donors (Lipinski definition) is 1. The van der Waals surface area contributed by atoms with E-state index in [4.69, 9.17) is 0 Å². The summed E-state index contributed by atoms with van der Waals surface area (Å²) in [6, 6.07) is 15.3. The van der Waals surface area contributed by atoms with Crippen LogP contribution >= 0.6 is 27.7 Å². The second-order valence-electron chi connectivity index (χ2n) is 6.22. The lowest BCUT2D eigenvalue weighted by Crippen LogP contribution is -2.29. The number of nitrogens with one attached hydrogen (secondary N) is 1. The van der Waals surface area contributed by atoms with Crippen molar-refractivity contribution in [3.8, 4) is 0 Å². The number of carbonyl (C=O) groups is 2. The van der Waals surface area contributed by atoms with Gasteiger partial charge < -0.3 is 10.2 Å². The summed E-state index contributed by atoms with van der Waals surface area (Å²) in [5.41, 5.74) is 2.33. The standard InChI is InChI=1S/C20H21BrN2O2S/c21-16-7-5-6-15(12-16)13-26-14-19(24)22-18-9-2-1-8-17(18)20(25)23-10-3-4-11-23/h1-2,5-9,12H,3-4,10-11,13-14H2,(H,22,24). The molecule has 0 unspecified atom stereocenters. The van der Waals surface area contributed by atoms with Crippen LogP contribution in [0.3, 0.4) is 0 Å². The van der Waals surface area contributed by atoms with Gasteiger partial charge in [0.1, 0.15) is 0 Å². The van der Waals surface area contributed by atoms with Gasteiger partial charge in [-0.2, -0.15) is 0 Å². The molecule has 0 aliphatic carbocycles. The van der Waals surface area contributed by atoms with Gasteiger partial charge in [-0.3, -0.25) is 9.59 Å². The van der Waals surface area contributed by atoms with Crippen molar-refractivity contribution in [2.75, 3.05) is 24.2 Å². The molecule has 26 heavy (non-hydrogen) atoms. The Labute approximate surface area is 166 Å². The molecule has 1 heterocycles. The Morgan fingerprint density at radius 3 is 2.62 bits per heavy atom. The van der Waals surface area contributed by atoms with Gasteiger partial charge in [0.05, 0.1) is 17.0 Å². The Bertz CT molecular complexity index is 791. The third-order valence-electron chi connectivity index (χ3n) is 4.22. The van der Waals surface area contributed by atoms with Crippen molar-refractivity contribution in [1.82, 2.24) is 4.90 Å². The van der Waals surface area contributed by atoms with E-state index in [-0.39, 0.29) is 11.8 Å². The van der Waals surface area contributed by atoms with E-state index in [0.717, 1.165) is 36.2 Å². The van der Waals surface area contributed by atoms with Gasteiger partial charge in [-0.25, -0.2) is 0 Å². The number of hydrogen-bond acceptors (Lipinski definition) is 3. The van der Waals surface area contributed by atoms with E-state index in [2.05, 4.69) is 27.3 Å².